The lowest BCUT2D eigenvalue weighted by molar-refractivity contribution is -0.894. The van der Waals surface area contributed by atoms with Crippen molar-refractivity contribution in [1.82, 2.24) is 0 Å². The minimum absolute atomic E-state index is 1.05. The van der Waals surface area contributed by atoms with Crippen molar-refractivity contribution in [1.29, 1.82) is 0 Å². The Morgan fingerprint density at radius 2 is 1.20 bits per heavy atom. The van der Waals surface area contributed by atoms with E-state index in [1.165, 1.54) is 24.5 Å². The van der Waals surface area contributed by atoms with Crippen LogP contribution in [0.25, 0.3) is 0 Å². The Balaban J connectivity index is 2.17. The molecule has 0 spiro atoms. The number of hydrogen-bond acceptors (Lipinski definition) is 1. The van der Waals surface area contributed by atoms with E-state index < -0.39 is 0 Å². The Hall–Kier alpha value is -1.80. The van der Waals surface area contributed by atoms with Crippen LogP contribution in [0, 0.1) is 0 Å². The van der Waals surface area contributed by atoms with Gasteiger partial charge < -0.3 is 9.80 Å². The van der Waals surface area contributed by atoms with Crippen LogP contribution in [0.3, 0.4) is 0 Å². The molecule has 0 aromatic heterocycles. The molecule has 0 atom stereocenters. The Kier molecular flexibility index (Phi) is 5.63. The van der Waals surface area contributed by atoms with Crippen molar-refractivity contribution in [2.45, 2.75) is 13.8 Å². The summed E-state index contributed by atoms with van der Waals surface area (Å²) in [5.74, 6) is 0. The topological polar surface area (TPSA) is 7.68 Å². The molecule has 2 nitrogen and oxygen atoms in total. The number of benzene rings is 2. The summed E-state index contributed by atoms with van der Waals surface area (Å²) in [6.07, 6.45) is 0. The molecule has 2 aromatic rings. The summed E-state index contributed by atoms with van der Waals surface area (Å²) in [7, 11) is 0. The van der Waals surface area contributed by atoms with E-state index in [2.05, 4.69) is 79.4 Å². The van der Waals surface area contributed by atoms with Crippen LogP contribution in [0.4, 0.5) is 11.4 Å². The molecule has 0 heterocycles. The molecule has 0 aliphatic heterocycles. The van der Waals surface area contributed by atoms with Crippen molar-refractivity contribution >= 4 is 11.4 Å². The van der Waals surface area contributed by atoms with E-state index in [0.29, 0.717) is 0 Å². The van der Waals surface area contributed by atoms with Crippen molar-refractivity contribution in [3.63, 3.8) is 0 Å². The van der Waals surface area contributed by atoms with Gasteiger partial charge in [-0.05, 0) is 38.1 Å². The van der Waals surface area contributed by atoms with Gasteiger partial charge in [-0.3, -0.25) is 0 Å². The lowest BCUT2D eigenvalue weighted by atomic mass is 10.2. The van der Waals surface area contributed by atoms with Gasteiger partial charge in [0.1, 0.15) is 0 Å². The van der Waals surface area contributed by atoms with E-state index in [4.69, 9.17) is 0 Å². The summed E-state index contributed by atoms with van der Waals surface area (Å²) in [6.45, 7) is 9.10. The molecule has 0 aliphatic rings. The lowest BCUT2D eigenvalue weighted by Gasteiger charge is -2.26. The normalized spacial score (nSPS) is 10.8. The maximum Gasteiger partial charge on any atom is 0.0953 e. The number of likely N-dealkylation sites (N-methyl/N-ethyl adjacent to an activating group) is 1. The predicted octanol–water partition coefficient (Wildman–Crippen LogP) is 2.75. The Labute approximate surface area is 122 Å². The first kappa shape index (κ1) is 14.6. The fourth-order valence-corrected chi connectivity index (χ4v) is 2.50. The number of rotatable bonds is 7. The first-order valence-corrected chi connectivity index (χ1v) is 7.56. The molecule has 0 saturated heterocycles. The van der Waals surface area contributed by atoms with Crippen LogP contribution in [-0.4, -0.2) is 26.2 Å². The number of anilines is 2. The fourth-order valence-electron chi connectivity index (χ4n) is 2.50. The molecule has 106 valence electrons. The minimum atomic E-state index is 1.05. The first-order chi connectivity index (χ1) is 9.85. The number of quaternary nitrogens is 1. The Bertz CT molecular complexity index is 438. The van der Waals surface area contributed by atoms with Gasteiger partial charge in [0.25, 0.3) is 0 Å². The van der Waals surface area contributed by atoms with E-state index in [1.54, 1.807) is 4.90 Å². The SMILES string of the molecule is CC[NH+](CC)CCN(c1ccccc1)c1ccccc1. The van der Waals surface area contributed by atoms with Crippen LogP contribution in [0.1, 0.15) is 13.8 Å². The highest BCUT2D eigenvalue weighted by molar-refractivity contribution is 5.62. The average molecular weight is 269 g/mol. The van der Waals surface area contributed by atoms with E-state index in [9.17, 15) is 0 Å². The van der Waals surface area contributed by atoms with Crippen LogP contribution >= 0.6 is 0 Å². The van der Waals surface area contributed by atoms with Crippen LogP contribution < -0.4 is 9.80 Å². The second-order valence-corrected chi connectivity index (χ2v) is 5.03. The smallest absolute Gasteiger partial charge is 0.0953 e. The van der Waals surface area contributed by atoms with Crippen LogP contribution in [-0.2, 0) is 0 Å². The van der Waals surface area contributed by atoms with E-state index in [-0.39, 0.29) is 0 Å². The lowest BCUT2D eigenvalue weighted by Crippen LogP contribution is -3.12. The highest BCUT2D eigenvalue weighted by Gasteiger charge is 2.11. The predicted molar refractivity (Wildman–Crippen MR) is 86.8 cm³/mol. The molecule has 0 amide bonds. The first-order valence-electron chi connectivity index (χ1n) is 7.56. The third-order valence-electron chi connectivity index (χ3n) is 3.82. The van der Waals surface area contributed by atoms with Crippen LogP contribution in [0.15, 0.2) is 60.7 Å². The molecule has 0 fully saturated rings. The summed E-state index contributed by atoms with van der Waals surface area (Å²) < 4.78 is 0. The van der Waals surface area contributed by atoms with Crippen molar-refractivity contribution < 1.29 is 4.90 Å². The summed E-state index contributed by atoms with van der Waals surface area (Å²) >= 11 is 0. The maximum atomic E-state index is 2.41. The zero-order valence-electron chi connectivity index (χ0n) is 12.5. The second-order valence-electron chi connectivity index (χ2n) is 5.03. The van der Waals surface area contributed by atoms with Crippen molar-refractivity contribution in [3.05, 3.63) is 60.7 Å². The molecule has 20 heavy (non-hydrogen) atoms. The molecule has 0 bridgehead atoms. The molecule has 0 saturated carbocycles. The van der Waals surface area contributed by atoms with Gasteiger partial charge in [-0.25, -0.2) is 0 Å². The summed E-state index contributed by atoms with van der Waals surface area (Å²) in [5, 5.41) is 0. The van der Waals surface area contributed by atoms with Gasteiger partial charge in [0.15, 0.2) is 0 Å². The van der Waals surface area contributed by atoms with E-state index in [1.807, 2.05) is 0 Å². The third kappa shape index (κ3) is 3.84. The molecule has 1 N–H and O–H groups in total. The average Bonchev–Trinajstić information content (AvgIpc) is 2.53. The third-order valence-corrected chi connectivity index (χ3v) is 3.82. The van der Waals surface area contributed by atoms with Crippen LogP contribution in [0.2, 0.25) is 0 Å². The molecule has 0 aliphatic carbocycles. The molecule has 2 heteroatoms. The quantitative estimate of drug-likeness (QED) is 0.812. The molecular formula is C18H25N2+. The van der Waals surface area contributed by atoms with E-state index >= 15 is 0 Å². The molecule has 0 radical (unpaired) electrons. The number of nitrogens with one attached hydrogen (secondary N) is 1. The van der Waals surface area contributed by atoms with Gasteiger partial charge in [0.05, 0.1) is 26.2 Å². The molecule has 0 unspecified atom stereocenters. The van der Waals surface area contributed by atoms with Gasteiger partial charge in [0, 0.05) is 11.4 Å². The summed E-state index contributed by atoms with van der Waals surface area (Å²) in [6, 6.07) is 21.3. The number of para-hydroxylation sites is 2. The van der Waals surface area contributed by atoms with Gasteiger partial charge >= 0.3 is 0 Å². The number of nitrogens with zero attached hydrogens (tertiary/aromatic N) is 1. The van der Waals surface area contributed by atoms with E-state index in [0.717, 1.165) is 13.1 Å². The van der Waals surface area contributed by atoms with Gasteiger partial charge in [0.2, 0.25) is 0 Å². The Morgan fingerprint density at radius 3 is 1.60 bits per heavy atom. The summed E-state index contributed by atoms with van der Waals surface area (Å²) in [4.78, 5) is 4.05. The molecule has 2 rings (SSSR count). The zero-order valence-corrected chi connectivity index (χ0v) is 12.5. The number of hydrogen-bond donors (Lipinski definition) is 1. The highest BCUT2D eigenvalue weighted by Crippen LogP contribution is 2.23. The van der Waals surface area contributed by atoms with Crippen molar-refractivity contribution in [3.8, 4) is 0 Å². The van der Waals surface area contributed by atoms with Crippen molar-refractivity contribution in [2.24, 2.45) is 0 Å². The summed E-state index contributed by atoms with van der Waals surface area (Å²) in [5.41, 5.74) is 2.54. The highest BCUT2D eigenvalue weighted by atomic mass is 15.2. The fraction of sp³-hybridized carbons (Fsp3) is 0.333. The molecular weight excluding hydrogens is 244 g/mol. The zero-order chi connectivity index (χ0) is 14.2. The van der Waals surface area contributed by atoms with Gasteiger partial charge in [-0.15, -0.1) is 0 Å². The Morgan fingerprint density at radius 1 is 0.750 bits per heavy atom. The molecule has 2 aromatic carbocycles. The standard InChI is InChI=1S/C18H24N2/c1-3-19(4-2)15-16-20(17-11-7-5-8-12-17)18-13-9-6-10-14-18/h5-14H,3-4,15-16H2,1-2H3/p+1. The minimum Gasteiger partial charge on any atom is -0.336 e. The maximum absolute atomic E-state index is 2.41. The van der Waals surface area contributed by atoms with Crippen LogP contribution in [0.5, 0.6) is 0 Å². The monoisotopic (exact) mass is 269 g/mol. The van der Waals surface area contributed by atoms with Gasteiger partial charge in [-0.1, -0.05) is 36.4 Å². The van der Waals surface area contributed by atoms with Crippen molar-refractivity contribution in [2.75, 3.05) is 31.1 Å². The largest absolute Gasteiger partial charge is 0.336 e. The second kappa shape index (κ2) is 7.71. The van der Waals surface area contributed by atoms with Gasteiger partial charge in [-0.2, -0.15) is 0 Å².